The summed E-state index contributed by atoms with van der Waals surface area (Å²) in [5.74, 6) is 1.04. The Kier molecular flexibility index (Phi) is 6.61. The molecule has 6 nitrogen and oxygen atoms in total. The average Bonchev–Trinajstić information content (AvgIpc) is 3.48. The summed E-state index contributed by atoms with van der Waals surface area (Å²) in [7, 11) is 0. The Morgan fingerprint density at radius 2 is 1.87 bits per heavy atom. The molecule has 4 rings (SSSR count). The van der Waals surface area contributed by atoms with Crippen molar-refractivity contribution in [1.82, 2.24) is 20.1 Å². The summed E-state index contributed by atoms with van der Waals surface area (Å²) in [4.78, 5) is 19.0. The number of aromatic nitrogens is 3. The van der Waals surface area contributed by atoms with Crippen molar-refractivity contribution in [1.29, 1.82) is 0 Å². The summed E-state index contributed by atoms with van der Waals surface area (Å²) in [6, 6.07) is 16.0. The van der Waals surface area contributed by atoms with E-state index in [0.29, 0.717) is 37.7 Å². The molecule has 0 saturated heterocycles. The highest BCUT2D eigenvalue weighted by Gasteiger charge is 2.17. The van der Waals surface area contributed by atoms with Gasteiger partial charge in [-0.3, -0.25) is 9.78 Å². The molecule has 30 heavy (non-hydrogen) atoms. The van der Waals surface area contributed by atoms with Gasteiger partial charge >= 0.3 is 0 Å². The molecule has 0 atom stereocenters. The van der Waals surface area contributed by atoms with Gasteiger partial charge in [-0.25, -0.2) is 0 Å². The topological polar surface area (TPSA) is 72.1 Å². The molecule has 0 fully saturated rings. The minimum Gasteiger partial charge on any atom is -0.421 e. The van der Waals surface area contributed by atoms with Gasteiger partial charge in [0.25, 0.3) is 0 Å². The Labute approximate surface area is 179 Å². The smallest absolute Gasteiger partial charge is 0.248 e. The highest BCUT2D eigenvalue weighted by atomic mass is 32.1. The van der Waals surface area contributed by atoms with Crippen LogP contribution in [0.15, 0.2) is 76.1 Å². The van der Waals surface area contributed by atoms with Gasteiger partial charge in [0.1, 0.15) is 0 Å². The van der Waals surface area contributed by atoms with Gasteiger partial charge in [0.15, 0.2) is 0 Å². The van der Waals surface area contributed by atoms with Crippen molar-refractivity contribution in [3.8, 4) is 11.5 Å². The first-order valence-electron chi connectivity index (χ1n) is 9.83. The van der Waals surface area contributed by atoms with Crippen LogP contribution in [0.3, 0.4) is 0 Å². The summed E-state index contributed by atoms with van der Waals surface area (Å²) < 4.78 is 5.71. The number of thiophene rings is 1. The molecular formula is C23H22N4O2S. The number of hydrogen-bond acceptors (Lipinski definition) is 6. The molecule has 0 N–H and O–H groups in total. The van der Waals surface area contributed by atoms with Gasteiger partial charge in [0, 0.05) is 49.3 Å². The van der Waals surface area contributed by atoms with Gasteiger partial charge < -0.3 is 9.32 Å². The normalized spacial score (nSPS) is 10.8. The Bertz CT molecular complexity index is 1050. The molecule has 0 saturated carbocycles. The minimum absolute atomic E-state index is 0.0602. The van der Waals surface area contributed by atoms with Crippen molar-refractivity contribution in [2.75, 3.05) is 6.54 Å². The van der Waals surface area contributed by atoms with Crippen LogP contribution in [0, 0.1) is 0 Å². The Balaban J connectivity index is 1.39. The largest absolute Gasteiger partial charge is 0.421 e. The van der Waals surface area contributed by atoms with Crippen LogP contribution in [0.25, 0.3) is 11.5 Å². The fourth-order valence-electron chi connectivity index (χ4n) is 3.14. The minimum atomic E-state index is 0.0602. The Morgan fingerprint density at radius 3 is 2.63 bits per heavy atom. The third-order valence-corrected chi connectivity index (χ3v) is 5.43. The molecule has 1 amide bonds. The van der Waals surface area contributed by atoms with Gasteiger partial charge in [-0.05, 0) is 35.1 Å². The maximum atomic E-state index is 13.0. The number of nitrogens with zero attached hydrogens (tertiary/aromatic N) is 4. The monoisotopic (exact) mass is 418 g/mol. The Hall–Kier alpha value is -3.32. The predicted molar refractivity (Wildman–Crippen MR) is 116 cm³/mol. The fourth-order valence-corrected chi connectivity index (χ4v) is 3.77. The summed E-state index contributed by atoms with van der Waals surface area (Å²) in [5.41, 5.74) is 3.13. The van der Waals surface area contributed by atoms with Gasteiger partial charge in [-0.2, -0.15) is 11.3 Å². The second-order valence-electron chi connectivity index (χ2n) is 6.93. The molecule has 7 heteroatoms. The number of amides is 1. The molecule has 0 bridgehead atoms. The number of aryl methyl sites for hydroxylation is 1. The van der Waals surface area contributed by atoms with Crippen LogP contribution in [0.1, 0.15) is 23.4 Å². The maximum Gasteiger partial charge on any atom is 0.248 e. The van der Waals surface area contributed by atoms with Crippen LogP contribution in [0.2, 0.25) is 0 Å². The van der Waals surface area contributed by atoms with E-state index >= 15 is 0 Å². The van der Waals surface area contributed by atoms with Gasteiger partial charge in [-0.1, -0.05) is 36.4 Å². The Morgan fingerprint density at radius 1 is 1.00 bits per heavy atom. The maximum absolute atomic E-state index is 13.0. The molecule has 0 radical (unpaired) electrons. The van der Waals surface area contributed by atoms with Gasteiger partial charge in [-0.15, -0.1) is 10.2 Å². The molecule has 0 unspecified atom stereocenters. The first kappa shape index (κ1) is 20.0. The first-order chi connectivity index (χ1) is 14.8. The summed E-state index contributed by atoms with van der Waals surface area (Å²) in [6.45, 7) is 1.17. The molecule has 0 aliphatic heterocycles. The fraction of sp³-hybridized carbons (Fsp3) is 0.217. The lowest BCUT2D eigenvalue weighted by Gasteiger charge is -2.23. The van der Waals surface area contributed by atoms with Crippen molar-refractivity contribution < 1.29 is 9.21 Å². The van der Waals surface area contributed by atoms with Gasteiger partial charge in [0.2, 0.25) is 17.7 Å². The zero-order valence-electron chi connectivity index (χ0n) is 16.5. The number of carbonyl (C=O) groups is 1. The lowest BCUT2D eigenvalue weighted by atomic mass is 10.1. The van der Waals surface area contributed by atoms with Crippen LogP contribution in [-0.2, 0) is 24.2 Å². The van der Waals surface area contributed by atoms with Crippen LogP contribution >= 0.6 is 11.3 Å². The second kappa shape index (κ2) is 9.93. The van der Waals surface area contributed by atoms with Crippen LogP contribution < -0.4 is 0 Å². The van der Waals surface area contributed by atoms with E-state index in [4.69, 9.17) is 4.42 Å². The molecule has 0 spiro atoms. The van der Waals surface area contributed by atoms with E-state index < -0.39 is 0 Å². The molecule has 152 valence electrons. The summed E-state index contributed by atoms with van der Waals surface area (Å²) in [5, 5.41) is 12.1. The number of benzene rings is 1. The lowest BCUT2D eigenvalue weighted by Crippen LogP contribution is -2.32. The molecule has 1 aromatic carbocycles. The quantitative estimate of drug-likeness (QED) is 0.403. The number of hydrogen-bond donors (Lipinski definition) is 0. The zero-order chi connectivity index (χ0) is 20.6. The van der Waals surface area contributed by atoms with Crippen molar-refractivity contribution in [3.63, 3.8) is 0 Å². The molecule has 4 aromatic rings. The van der Waals surface area contributed by atoms with E-state index in [1.165, 1.54) is 5.56 Å². The first-order valence-corrected chi connectivity index (χ1v) is 10.8. The third kappa shape index (κ3) is 5.39. The molecule has 0 aliphatic rings. The van der Waals surface area contributed by atoms with Crippen molar-refractivity contribution in [2.24, 2.45) is 0 Å². The lowest BCUT2D eigenvalue weighted by molar-refractivity contribution is -0.131. The van der Waals surface area contributed by atoms with Crippen molar-refractivity contribution >= 4 is 17.2 Å². The van der Waals surface area contributed by atoms with Crippen molar-refractivity contribution in [3.05, 3.63) is 88.7 Å². The van der Waals surface area contributed by atoms with Crippen LogP contribution in [0.5, 0.6) is 0 Å². The number of carbonyl (C=O) groups excluding carboxylic acids is 1. The molecule has 3 aromatic heterocycles. The van der Waals surface area contributed by atoms with Gasteiger partial charge in [0.05, 0.1) is 0 Å². The van der Waals surface area contributed by atoms with Crippen LogP contribution in [-0.4, -0.2) is 32.5 Å². The number of pyridine rings is 1. The average molecular weight is 419 g/mol. The van der Waals surface area contributed by atoms with Crippen molar-refractivity contribution in [2.45, 2.75) is 25.8 Å². The number of rotatable bonds is 9. The SMILES string of the molecule is O=C(CCc1nnc(-c2ccsc2)o1)N(CCc1ccccc1)Cc1cccnc1. The molecule has 0 aliphatic carbocycles. The molecular weight excluding hydrogens is 396 g/mol. The zero-order valence-corrected chi connectivity index (χ0v) is 17.3. The van der Waals surface area contributed by atoms with E-state index in [-0.39, 0.29) is 5.91 Å². The van der Waals surface area contributed by atoms with Crippen LogP contribution in [0.4, 0.5) is 0 Å². The third-order valence-electron chi connectivity index (χ3n) is 4.75. The van der Waals surface area contributed by atoms with E-state index in [9.17, 15) is 4.79 Å². The van der Waals surface area contributed by atoms with E-state index in [1.807, 2.05) is 52.1 Å². The van der Waals surface area contributed by atoms with E-state index in [1.54, 1.807) is 23.7 Å². The van der Waals surface area contributed by atoms with E-state index in [2.05, 4.69) is 27.3 Å². The summed E-state index contributed by atoms with van der Waals surface area (Å²) >= 11 is 1.58. The second-order valence-corrected chi connectivity index (χ2v) is 7.71. The molecule has 3 heterocycles. The highest BCUT2D eigenvalue weighted by Crippen LogP contribution is 2.21. The summed E-state index contributed by atoms with van der Waals surface area (Å²) in [6.07, 6.45) is 5.08. The van der Waals surface area contributed by atoms with E-state index in [0.717, 1.165) is 17.5 Å². The highest BCUT2D eigenvalue weighted by molar-refractivity contribution is 7.08. The predicted octanol–water partition coefficient (Wildman–Crippen LogP) is 4.40. The standard InChI is InChI=1S/C23H22N4O2S/c28-22(9-8-21-25-26-23(29-21)20-11-14-30-17-20)27(16-19-7-4-12-24-15-19)13-10-18-5-2-1-3-6-18/h1-7,11-12,14-15,17H,8-10,13,16H2.